The fourth-order valence-electron chi connectivity index (χ4n) is 1.38. The van der Waals surface area contributed by atoms with Crippen molar-refractivity contribution in [2.45, 2.75) is 9.79 Å². The van der Waals surface area contributed by atoms with E-state index in [-0.39, 0.29) is 10.5 Å². The first-order valence-electron chi connectivity index (χ1n) is 4.65. The zero-order valence-corrected chi connectivity index (χ0v) is 10.7. The van der Waals surface area contributed by atoms with Gasteiger partial charge in [-0.1, -0.05) is 36.4 Å². The van der Waals surface area contributed by atoms with Gasteiger partial charge in [-0.05, 0) is 45.9 Å². The minimum atomic E-state index is -0.362. The van der Waals surface area contributed by atoms with Crippen LogP contribution in [0.3, 0.4) is 0 Å². The molecule has 2 rings (SSSR count). The first-order valence-corrected chi connectivity index (χ1v) is 8.61. The lowest BCUT2D eigenvalue weighted by molar-refractivity contribution is 1.40. The second-order valence-electron chi connectivity index (χ2n) is 3.06. The quantitative estimate of drug-likeness (QED) is 0.621. The van der Waals surface area contributed by atoms with Gasteiger partial charge in [-0.15, -0.1) is 10.5 Å². The third kappa shape index (κ3) is 2.66. The molecule has 0 aliphatic carbocycles. The summed E-state index contributed by atoms with van der Waals surface area (Å²) in [5, 5.41) is 0. The highest BCUT2D eigenvalue weighted by Crippen LogP contribution is 2.53. The van der Waals surface area contributed by atoms with Crippen LogP contribution in [-0.2, 0) is 11.8 Å². The summed E-state index contributed by atoms with van der Waals surface area (Å²) in [6.45, 7) is 1.04. The van der Waals surface area contributed by atoms with Gasteiger partial charge in [-0.2, -0.15) is 0 Å². The molecular formula is C12H11PS2. The van der Waals surface area contributed by atoms with Crippen molar-refractivity contribution < 1.29 is 0 Å². The summed E-state index contributed by atoms with van der Waals surface area (Å²) in [6, 6.07) is 21.1. The van der Waals surface area contributed by atoms with E-state index in [2.05, 4.69) is 48.5 Å². The summed E-state index contributed by atoms with van der Waals surface area (Å²) in [5.74, 6) is 0. The Labute approximate surface area is 99.3 Å². The van der Waals surface area contributed by atoms with Crippen LogP contribution in [0, 0.1) is 0 Å². The molecule has 0 aliphatic heterocycles. The van der Waals surface area contributed by atoms with Gasteiger partial charge in [0.1, 0.15) is 0 Å². The average molecular weight is 250 g/mol. The molecule has 0 amide bonds. The summed E-state index contributed by atoms with van der Waals surface area (Å²) < 4.78 is 0. The smallest absolute Gasteiger partial charge is 0.0296 e. The van der Waals surface area contributed by atoms with Gasteiger partial charge >= 0.3 is 0 Å². The summed E-state index contributed by atoms with van der Waals surface area (Å²) in [5.41, 5.74) is 0. The summed E-state index contributed by atoms with van der Waals surface area (Å²) in [6.07, 6.45) is 0. The third-order valence-corrected chi connectivity index (χ3v) is 7.17. The minimum absolute atomic E-state index is 0.362. The maximum absolute atomic E-state index is 5.24. The zero-order valence-electron chi connectivity index (χ0n) is 8.08. The van der Waals surface area contributed by atoms with Gasteiger partial charge in [-0.25, -0.2) is 0 Å². The van der Waals surface area contributed by atoms with Crippen LogP contribution in [0.4, 0.5) is 0 Å². The Hall–Kier alpha value is -0.690. The molecule has 15 heavy (non-hydrogen) atoms. The topological polar surface area (TPSA) is 0 Å². The molecule has 2 aromatic carbocycles. The van der Waals surface area contributed by atoms with E-state index < -0.39 is 0 Å². The second kappa shape index (κ2) is 5.41. The van der Waals surface area contributed by atoms with Gasteiger partial charge in [0, 0.05) is 6.56 Å². The summed E-state index contributed by atoms with van der Waals surface area (Å²) >= 11 is 5.24. The molecule has 76 valence electrons. The molecular weight excluding hydrogens is 239 g/mol. The van der Waals surface area contributed by atoms with Gasteiger partial charge in [0.2, 0.25) is 0 Å². The molecule has 3 heteroatoms. The van der Waals surface area contributed by atoms with Crippen LogP contribution in [0.15, 0.2) is 70.5 Å². The van der Waals surface area contributed by atoms with E-state index in [9.17, 15) is 0 Å². The molecule has 0 spiro atoms. The standard InChI is InChI=1S/C12H11PS2/c14-13-15(11-7-3-1-4-8-11)12-9-5-2-6-10-12/h1-10,15H. The van der Waals surface area contributed by atoms with E-state index in [0.717, 1.165) is 6.56 Å². The van der Waals surface area contributed by atoms with E-state index >= 15 is 0 Å². The Morgan fingerprint density at radius 3 is 1.47 bits per heavy atom. The van der Waals surface area contributed by atoms with Crippen LogP contribution in [-0.4, -0.2) is 0 Å². The molecule has 0 N–H and O–H groups in total. The third-order valence-electron chi connectivity index (χ3n) is 2.08. The molecule has 0 fully saturated rings. The van der Waals surface area contributed by atoms with Crippen LogP contribution in [0.5, 0.6) is 0 Å². The lowest BCUT2D eigenvalue weighted by Gasteiger charge is -2.15. The Morgan fingerprint density at radius 1 is 0.733 bits per heavy atom. The van der Waals surface area contributed by atoms with Crippen LogP contribution in [0.2, 0.25) is 0 Å². The van der Waals surface area contributed by atoms with Crippen molar-refractivity contribution in [2.75, 3.05) is 0 Å². The lowest BCUT2D eigenvalue weighted by atomic mass is 10.4. The van der Waals surface area contributed by atoms with Gasteiger partial charge in [-0.3, -0.25) is 0 Å². The average Bonchev–Trinajstić information content (AvgIpc) is 2.33. The monoisotopic (exact) mass is 250 g/mol. The highest BCUT2D eigenvalue weighted by atomic mass is 32.9. The van der Waals surface area contributed by atoms with Crippen molar-refractivity contribution in [1.82, 2.24) is 0 Å². The first-order chi connectivity index (χ1) is 7.42. The Bertz CT molecular complexity index is 388. The molecule has 0 bridgehead atoms. The van der Waals surface area contributed by atoms with Crippen molar-refractivity contribution >= 4 is 28.9 Å². The fraction of sp³-hybridized carbons (Fsp3) is 0. The van der Waals surface area contributed by atoms with Crippen molar-refractivity contribution in [3.63, 3.8) is 0 Å². The maximum Gasteiger partial charge on any atom is 0.0296 e. The molecule has 0 aliphatic rings. The molecule has 0 nitrogen and oxygen atoms in total. The number of hydrogen-bond acceptors (Lipinski definition) is 1. The molecule has 0 aromatic heterocycles. The maximum atomic E-state index is 5.24. The largest absolute Gasteiger partial charge is 0.145 e. The van der Waals surface area contributed by atoms with Gasteiger partial charge in [0.25, 0.3) is 0 Å². The van der Waals surface area contributed by atoms with Gasteiger partial charge in [0.05, 0.1) is 0 Å². The summed E-state index contributed by atoms with van der Waals surface area (Å²) in [7, 11) is -0.362. The predicted octanol–water partition coefficient (Wildman–Crippen LogP) is 4.43. The second-order valence-corrected chi connectivity index (χ2v) is 8.04. The molecule has 0 atom stereocenters. The first kappa shape index (κ1) is 10.8. The van der Waals surface area contributed by atoms with E-state index in [1.807, 2.05) is 12.1 Å². The number of hydrogen-bond donors (Lipinski definition) is 1. The Balaban J connectivity index is 2.38. The number of rotatable bonds is 3. The lowest BCUT2D eigenvalue weighted by Crippen LogP contribution is -1.77. The predicted molar refractivity (Wildman–Crippen MR) is 72.7 cm³/mol. The van der Waals surface area contributed by atoms with Crippen LogP contribution in [0.1, 0.15) is 0 Å². The minimum Gasteiger partial charge on any atom is -0.145 e. The zero-order chi connectivity index (χ0) is 10.5. The van der Waals surface area contributed by atoms with Crippen LogP contribution < -0.4 is 0 Å². The van der Waals surface area contributed by atoms with Crippen molar-refractivity contribution in [2.24, 2.45) is 0 Å². The SMILES string of the molecule is S=P[SH](c1ccccc1)c1ccccc1. The fourth-order valence-corrected chi connectivity index (χ4v) is 5.84. The summed E-state index contributed by atoms with van der Waals surface area (Å²) in [4.78, 5) is 2.71. The number of thiol groups is 1. The van der Waals surface area contributed by atoms with Crippen LogP contribution >= 0.6 is 17.1 Å². The van der Waals surface area contributed by atoms with E-state index in [4.69, 9.17) is 11.8 Å². The molecule has 0 saturated heterocycles. The Morgan fingerprint density at radius 2 is 1.13 bits per heavy atom. The molecule has 2 aromatic rings. The normalized spacial score (nSPS) is 11.3. The van der Waals surface area contributed by atoms with Crippen molar-refractivity contribution in [3.05, 3.63) is 60.7 Å². The van der Waals surface area contributed by atoms with Gasteiger partial charge in [0.15, 0.2) is 0 Å². The van der Waals surface area contributed by atoms with Crippen molar-refractivity contribution in [1.29, 1.82) is 0 Å². The highest BCUT2D eigenvalue weighted by Gasteiger charge is 2.05. The van der Waals surface area contributed by atoms with E-state index in [1.165, 1.54) is 9.79 Å². The van der Waals surface area contributed by atoms with Gasteiger partial charge < -0.3 is 0 Å². The highest BCUT2D eigenvalue weighted by molar-refractivity contribution is 8.67. The molecule has 0 heterocycles. The van der Waals surface area contributed by atoms with E-state index in [1.54, 1.807) is 0 Å². The number of benzene rings is 2. The molecule has 0 radical (unpaired) electrons. The molecule has 0 unspecified atom stereocenters. The molecule has 0 saturated carbocycles. The van der Waals surface area contributed by atoms with Crippen molar-refractivity contribution in [3.8, 4) is 0 Å². The van der Waals surface area contributed by atoms with Crippen LogP contribution in [0.25, 0.3) is 0 Å². The Kier molecular flexibility index (Phi) is 3.90. The van der Waals surface area contributed by atoms with E-state index in [0.29, 0.717) is 0 Å².